The molecule has 1 heteroatoms. The Kier molecular flexibility index (Phi) is 3.84. The first-order valence-corrected chi connectivity index (χ1v) is 8.25. The molecule has 1 aliphatic carbocycles. The summed E-state index contributed by atoms with van der Waals surface area (Å²) in [6, 6.07) is 15.4. The van der Waals surface area contributed by atoms with E-state index < -0.39 is 0 Å². The molecule has 0 saturated heterocycles. The van der Waals surface area contributed by atoms with Crippen LogP contribution in [0.5, 0.6) is 0 Å². The Labute approximate surface area is 133 Å². The second-order valence-corrected chi connectivity index (χ2v) is 7.52. The van der Waals surface area contributed by atoms with E-state index in [2.05, 4.69) is 63.2 Å². The number of alkyl halides is 1. The Morgan fingerprint density at radius 1 is 0.952 bits per heavy atom. The Morgan fingerprint density at radius 2 is 1.67 bits per heavy atom. The van der Waals surface area contributed by atoms with E-state index in [1.807, 2.05) is 0 Å². The lowest BCUT2D eigenvalue weighted by atomic mass is 9.82. The van der Waals surface area contributed by atoms with E-state index in [4.69, 9.17) is 11.6 Å². The van der Waals surface area contributed by atoms with Gasteiger partial charge in [-0.1, -0.05) is 63.2 Å². The number of hydrogen-bond donors (Lipinski definition) is 0. The first-order valence-electron chi connectivity index (χ1n) is 7.82. The van der Waals surface area contributed by atoms with Crippen LogP contribution in [-0.2, 0) is 18.3 Å². The van der Waals surface area contributed by atoms with Gasteiger partial charge in [0.2, 0.25) is 0 Å². The molecule has 0 amide bonds. The molecule has 110 valence electrons. The highest BCUT2D eigenvalue weighted by atomic mass is 35.5. The van der Waals surface area contributed by atoms with Crippen molar-refractivity contribution >= 4 is 11.6 Å². The number of hydrogen-bond acceptors (Lipinski definition) is 0. The highest BCUT2D eigenvalue weighted by Crippen LogP contribution is 2.37. The summed E-state index contributed by atoms with van der Waals surface area (Å²) in [5, 5.41) is -0.0636. The largest absolute Gasteiger partial charge is 0.113 e. The number of aryl methyl sites for hydroxylation is 2. The monoisotopic (exact) mass is 298 g/mol. The summed E-state index contributed by atoms with van der Waals surface area (Å²) >= 11 is 6.84. The van der Waals surface area contributed by atoms with Gasteiger partial charge in [-0.05, 0) is 52.5 Å². The van der Waals surface area contributed by atoms with E-state index >= 15 is 0 Å². The van der Waals surface area contributed by atoms with Gasteiger partial charge in [-0.2, -0.15) is 0 Å². The lowest BCUT2D eigenvalue weighted by Gasteiger charge is -2.25. The van der Waals surface area contributed by atoms with Gasteiger partial charge in [-0.25, -0.2) is 0 Å². The van der Waals surface area contributed by atoms with Crippen molar-refractivity contribution in [1.82, 2.24) is 0 Å². The van der Waals surface area contributed by atoms with Crippen LogP contribution < -0.4 is 0 Å². The molecule has 0 spiro atoms. The second kappa shape index (κ2) is 5.50. The van der Waals surface area contributed by atoms with Crippen LogP contribution in [0.2, 0.25) is 0 Å². The molecule has 1 unspecified atom stereocenters. The molecule has 21 heavy (non-hydrogen) atoms. The topological polar surface area (TPSA) is 0 Å². The van der Waals surface area contributed by atoms with Gasteiger partial charge in [-0.15, -0.1) is 11.6 Å². The molecule has 2 aromatic carbocycles. The molecule has 0 heterocycles. The molecule has 3 rings (SSSR count). The van der Waals surface area contributed by atoms with E-state index in [1.54, 1.807) is 0 Å². The summed E-state index contributed by atoms with van der Waals surface area (Å²) in [6.07, 6.45) is 3.71. The second-order valence-electron chi connectivity index (χ2n) is 7.08. The molecular weight excluding hydrogens is 276 g/mol. The maximum Gasteiger partial charge on any atom is 0.0838 e. The van der Waals surface area contributed by atoms with Crippen molar-refractivity contribution in [3.63, 3.8) is 0 Å². The molecular formula is C20H23Cl. The maximum absolute atomic E-state index is 6.84. The first kappa shape index (κ1) is 14.7. The van der Waals surface area contributed by atoms with Crippen molar-refractivity contribution in [2.45, 2.75) is 50.8 Å². The van der Waals surface area contributed by atoms with Gasteiger partial charge < -0.3 is 0 Å². The number of rotatable bonds is 2. The van der Waals surface area contributed by atoms with Crippen molar-refractivity contribution in [2.24, 2.45) is 0 Å². The normalized spacial score (nSPS) is 15.8. The third-order valence-corrected chi connectivity index (χ3v) is 4.94. The highest BCUT2D eigenvalue weighted by molar-refractivity contribution is 6.22. The van der Waals surface area contributed by atoms with Crippen LogP contribution >= 0.6 is 11.6 Å². The molecule has 2 aromatic rings. The summed E-state index contributed by atoms with van der Waals surface area (Å²) in [4.78, 5) is 0. The predicted molar refractivity (Wildman–Crippen MR) is 91.3 cm³/mol. The molecule has 0 aliphatic heterocycles. The smallest absolute Gasteiger partial charge is 0.0838 e. The standard InChI is InChI=1S/C20H23Cl/c1-20(2,3)18-10-5-4-9-17(18)19(21)16-12-11-14-7-6-8-15(14)13-16/h4-5,9-13,19H,6-8H2,1-3H3. The van der Waals surface area contributed by atoms with E-state index in [9.17, 15) is 0 Å². The minimum atomic E-state index is -0.0636. The van der Waals surface area contributed by atoms with Gasteiger partial charge in [0.1, 0.15) is 0 Å². The van der Waals surface area contributed by atoms with E-state index in [0.29, 0.717) is 0 Å². The fourth-order valence-corrected chi connectivity index (χ4v) is 3.66. The maximum atomic E-state index is 6.84. The van der Waals surface area contributed by atoms with E-state index in [1.165, 1.54) is 47.1 Å². The van der Waals surface area contributed by atoms with Crippen LogP contribution in [0.25, 0.3) is 0 Å². The van der Waals surface area contributed by atoms with Crippen molar-refractivity contribution < 1.29 is 0 Å². The third kappa shape index (κ3) is 2.87. The van der Waals surface area contributed by atoms with Gasteiger partial charge >= 0.3 is 0 Å². The summed E-state index contributed by atoms with van der Waals surface area (Å²) in [5.74, 6) is 0. The third-order valence-electron chi connectivity index (χ3n) is 4.46. The fourth-order valence-electron chi connectivity index (χ4n) is 3.33. The van der Waals surface area contributed by atoms with Crippen LogP contribution in [0.3, 0.4) is 0 Å². The van der Waals surface area contributed by atoms with Crippen molar-refractivity contribution in [3.05, 3.63) is 70.3 Å². The minimum Gasteiger partial charge on any atom is -0.113 e. The zero-order valence-corrected chi connectivity index (χ0v) is 13.9. The van der Waals surface area contributed by atoms with E-state index in [0.717, 1.165) is 0 Å². The molecule has 0 N–H and O–H groups in total. The summed E-state index contributed by atoms with van der Waals surface area (Å²) in [7, 11) is 0. The molecule has 1 atom stereocenters. The van der Waals surface area contributed by atoms with Gasteiger partial charge in [0.05, 0.1) is 5.38 Å². The minimum absolute atomic E-state index is 0.0636. The molecule has 0 bridgehead atoms. The Bertz CT molecular complexity index is 649. The summed E-state index contributed by atoms with van der Waals surface area (Å²) < 4.78 is 0. The quantitative estimate of drug-likeness (QED) is 0.615. The lowest BCUT2D eigenvalue weighted by Crippen LogP contribution is -2.15. The zero-order valence-electron chi connectivity index (χ0n) is 13.1. The average Bonchev–Trinajstić information content (AvgIpc) is 2.93. The molecule has 0 saturated carbocycles. The molecule has 0 aromatic heterocycles. The molecule has 0 fully saturated rings. The fraction of sp³-hybridized carbons (Fsp3) is 0.400. The van der Waals surface area contributed by atoms with Crippen LogP contribution in [-0.4, -0.2) is 0 Å². The zero-order chi connectivity index (χ0) is 15.0. The average molecular weight is 299 g/mol. The van der Waals surface area contributed by atoms with Crippen LogP contribution in [0.4, 0.5) is 0 Å². The number of benzene rings is 2. The SMILES string of the molecule is CC(C)(C)c1ccccc1C(Cl)c1ccc2c(c1)CCC2. The van der Waals surface area contributed by atoms with E-state index in [-0.39, 0.29) is 10.8 Å². The summed E-state index contributed by atoms with van der Waals surface area (Å²) in [6.45, 7) is 6.74. The Hall–Kier alpha value is -1.27. The number of fused-ring (bicyclic) bond motifs is 1. The molecule has 1 aliphatic rings. The van der Waals surface area contributed by atoms with Crippen molar-refractivity contribution in [3.8, 4) is 0 Å². The van der Waals surface area contributed by atoms with Gasteiger partial charge in [0.15, 0.2) is 0 Å². The Morgan fingerprint density at radius 3 is 2.43 bits per heavy atom. The van der Waals surface area contributed by atoms with Gasteiger partial charge in [-0.3, -0.25) is 0 Å². The van der Waals surface area contributed by atoms with Crippen LogP contribution in [0.1, 0.15) is 60.4 Å². The summed E-state index contributed by atoms with van der Waals surface area (Å²) in [5.41, 5.74) is 6.92. The van der Waals surface area contributed by atoms with Gasteiger partial charge in [0, 0.05) is 0 Å². The van der Waals surface area contributed by atoms with Crippen LogP contribution in [0.15, 0.2) is 42.5 Å². The van der Waals surface area contributed by atoms with Crippen molar-refractivity contribution in [2.75, 3.05) is 0 Å². The van der Waals surface area contributed by atoms with Crippen LogP contribution in [0, 0.1) is 0 Å². The first-order chi connectivity index (χ1) is 9.97. The predicted octanol–water partition coefficient (Wildman–Crippen LogP) is 5.80. The Balaban J connectivity index is 2.01. The molecule has 0 radical (unpaired) electrons. The van der Waals surface area contributed by atoms with Crippen molar-refractivity contribution in [1.29, 1.82) is 0 Å². The number of halogens is 1. The van der Waals surface area contributed by atoms with Gasteiger partial charge in [0.25, 0.3) is 0 Å². The molecule has 0 nitrogen and oxygen atoms in total. The highest BCUT2D eigenvalue weighted by Gasteiger charge is 2.23. The lowest BCUT2D eigenvalue weighted by molar-refractivity contribution is 0.583.